The van der Waals surface area contributed by atoms with Crippen LogP contribution in [0.25, 0.3) is 0 Å². The number of nitrogens with zero attached hydrogens (tertiary/aromatic N) is 2. The van der Waals surface area contributed by atoms with Crippen molar-refractivity contribution in [3.05, 3.63) is 59.7 Å². The maximum Gasteiger partial charge on any atom is 0.254 e. The molecule has 17 heavy (non-hydrogen) atoms. The largest absolute Gasteiger partial charge is 0.348 e. The lowest BCUT2D eigenvalue weighted by Crippen LogP contribution is -2.24. The minimum atomic E-state index is -0.146. The lowest BCUT2D eigenvalue weighted by atomic mass is 10.2. The molecule has 4 nitrogen and oxygen atoms in total. The summed E-state index contributed by atoms with van der Waals surface area (Å²) in [5.41, 5.74) is 2.27. The maximum atomic E-state index is 11.8. The highest BCUT2D eigenvalue weighted by Crippen LogP contribution is 2.03. The van der Waals surface area contributed by atoms with Gasteiger partial charge in [-0.1, -0.05) is 30.3 Å². The average molecular weight is 227 g/mol. The normalized spacial score (nSPS) is 9.94. The minimum Gasteiger partial charge on any atom is -0.348 e. The van der Waals surface area contributed by atoms with Crippen LogP contribution in [0.4, 0.5) is 0 Å². The van der Waals surface area contributed by atoms with E-state index in [4.69, 9.17) is 0 Å². The van der Waals surface area contributed by atoms with E-state index in [-0.39, 0.29) is 5.91 Å². The van der Waals surface area contributed by atoms with Crippen molar-refractivity contribution >= 4 is 5.91 Å². The van der Waals surface area contributed by atoms with Crippen LogP contribution in [0.15, 0.2) is 42.9 Å². The van der Waals surface area contributed by atoms with E-state index in [2.05, 4.69) is 15.3 Å². The molecule has 1 N–H and O–H groups in total. The van der Waals surface area contributed by atoms with Crippen LogP contribution in [0.1, 0.15) is 21.6 Å². The Bertz CT molecular complexity index is 511. The summed E-state index contributed by atoms with van der Waals surface area (Å²) in [7, 11) is 0. The van der Waals surface area contributed by atoms with Gasteiger partial charge in [0.2, 0.25) is 0 Å². The SMILES string of the molecule is Cc1ncncc1C(=O)NCc1ccccc1. The number of carbonyl (C=O) groups is 1. The Kier molecular flexibility index (Phi) is 3.45. The summed E-state index contributed by atoms with van der Waals surface area (Å²) in [5.74, 6) is -0.146. The Morgan fingerprint density at radius 1 is 1.29 bits per heavy atom. The minimum absolute atomic E-state index is 0.146. The van der Waals surface area contributed by atoms with Gasteiger partial charge in [0.05, 0.1) is 11.3 Å². The van der Waals surface area contributed by atoms with Crippen molar-refractivity contribution in [3.8, 4) is 0 Å². The summed E-state index contributed by atoms with van der Waals surface area (Å²) >= 11 is 0. The van der Waals surface area contributed by atoms with E-state index in [1.54, 1.807) is 6.92 Å². The van der Waals surface area contributed by atoms with E-state index in [1.807, 2.05) is 30.3 Å². The topological polar surface area (TPSA) is 54.9 Å². The summed E-state index contributed by atoms with van der Waals surface area (Å²) in [6.45, 7) is 2.30. The second kappa shape index (κ2) is 5.21. The third kappa shape index (κ3) is 2.87. The van der Waals surface area contributed by atoms with E-state index in [1.165, 1.54) is 12.5 Å². The van der Waals surface area contributed by atoms with Gasteiger partial charge in [0.25, 0.3) is 5.91 Å². The molecule has 0 fully saturated rings. The van der Waals surface area contributed by atoms with Crippen LogP contribution in [0.2, 0.25) is 0 Å². The molecule has 0 radical (unpaired) electrons. The molecule has 0 spiro atoms. The second-order valence-corrected chi connectivity index (χ2v) is 3.69. The summed E-state index contributed by atoms with van der Waals surface area (Å²) in [5, 5.41) is 2.84. The van der Waals surface area contributed by atoms with Crippen LogP contribution in [0.5, 0.6) is 0 Å². The van der Waals surface area contributed by atoms with Crippen LogP contribution in [-0.4, -0.2) is 15.9 Å². The maximum absolute atomic E-state index is 11.8. The highest BCUT2D eigenvalue weighted by molar-refractivity contribution is 5.94. The van der Waals surface area contributed by atoms with Gasteiger partial charge in [-0.3, -0.25) is 4.79 Å². The first-order chi connectivity index (χ1) is 8.27. The van der Waals surface area contributed by atoms with Crippen LogP contribution in [-0.2, 0) is 6.54 Å². The van der Waals surface area contributed by atoms with Gasteiger partial charge in [0.1, 0.15) is 6.33 Å². The number of hydrogen-bond acceptors (Lipinski definition) is 3. The van der Waals surface area contributed by atoms with Crippen LogP contribution >= 0.6 is 0 Å². The molecular formula is C13H13N3O. The third-order valence-electron chi connectivity index (χ3n) is 2.45. The molecule has 0 aliphatic rings. The van der Waals surface area contributed by atoms with Gasteiger partial charge >= 0.3 is 0 Å². The molecule has 0 unspecified atom stereocenters. The number of amides is 1. The standard InChI is InChI=1S/C13H13N3O/c1-10-12(8-14-9-16-10)13(17)15-7-11-5-3-2-4-6-11/h2-6,8-9H,7H2,1H3,(H,15,17). The van der Waals surface area contributed by atoms with Gasteiger partial charge in [-0.2, -0.15) is 0 Å². The van der Waals surface area contributed by atoms with Gasteiger partial charge in [-0.05, 0) is 12.5 Å². The van der Waals surface area contributed by atoms with E-state index < -0.39 is 0 Å². The average Bonchev–Trinajstić information content (AvgIpc) is 2.38. The first-order valence-corrected chi connectivity index (χ1v) is 5.36. The first kappa shape index (κ1) is 11.3. The van der Waals surface area contributed by atoms with E-state index >= 15 is 0 Å². The zero-order valence-electron chi connectivity index (χ0n) is 9.55. The molecule has 2 aromatic rings. The Balaban J connectivity index is 2.01. The molecule has 0 atom stereocenters. The molecule has 1 amide bonds. The lowest BCUT2D eigenvalue weighted by molar-refractivity contribution is 0.0949. The molecule has 1 aromatic heterocycles. The van der Waals surface area contributed by atoms with Crippen molar-refractivity contribution in [3.63, 3.8) is 0 Å². The second-order valence-electron chi connectivity index (χ2n) is 3.69. The fourth-order valence-electron chi connectivity index (χ4n) is 1.49. The lowest BCUT2D eigenvalue weighted by Gasteiger charge is -2.06. The van der Waals surface area contributed by atoms with Crippen molar-refractivity contribution in [1.29, 1.82) is 0 Å². The molecule has 4 heteroatoms. The Morgan fingerprint density at radius 3 is 2.76 bits per heavy atom. The zero-order chi connectivity index (χ0) is 12.1. The highest BCUT2D eigenvalue weighted by Gasteiger charge is 2.08. The quantitative estimate of drug-likeness (QED) is 0.868. The fourth-order valence-corrected chi connectivity index (χ4v) is 1.49. The number of nitrogens with one attached hydrogen (secondary N) is 1. The zero-order valence-corrected chi connectivity index (χ0v) is 9.55. The third-order valence-corrected chi connectivity index (χ3v) is 2.45. The van der Waals surface area contributed by atoms with Gasteiger partial charge in [-0.15, -0.1) is 0 Å². The van der Waals surface area contributed by atoms with Gasteiger partial charge in [0, 0.05) is 12.7 Å². The molecule has 0 aliphatic carbocycles. The van der Waals surface area contributed by atoms with Crippen LogP contribution in [0, 0.1) is 6.92 Å². The van der Waals surface area contributed by atoms with E-state index in [9.17, 15) is 4.79 Å². The van der Waals surface area contributed by atoms with E-state index in [0.29, 0.717) is 17.8 Å². The van der Waals surface area contributed by atoms with Crippen molar-refractivity contribution in [2.24, 2.45) is 0 Å². The predicted molar refractivity (Wildman–Crippen MR) is 64.4 cm³/mol. The van der Waals surface area contributed by atoms with Crippen LogP contribution < -0.4 is 5.32 Å². The Hall–Kier alpha value is -2.23. The Labute approximate surface area is 99.7 Å². The molecule has 0 saturated heterocycles. The number of hydrogen-bond donors (Lipinski definition) is 1. The fraction of sp³-hybridized carbons (Fsp3) is 0.154. The van der Waals surface area contributed by atoms with Crippen molar-refractivity contribution in [2.45, 2.75) is 13.5 Å². The summed E-state index contributed by atoms with van der Waals surface area (Å²) in [6, 6.07) is 9.76. The number of benzene rings is 1. The molecule has 2 rings (SSSR count). The first-order valence-electron chi connectivity index (χ1n) is 5.36. The molecular weight excluding hydrogens is 214 g/mol. The smallest absolute Gasteiger partial charge is 0.254 e. The summed E-state index contributed by atoms with van der Waals surface area (Å²) in [6.07, 6.45) is 2.96. The predicted octanol–water partition coefficient (Wildman–Crippen LogP) is 1.72. The van der Waals surface area contributed by atoms with Crippen LogP contribution in [0.3, 0.4) is 0 Å². The van der Waals surface area contributed by atoms with Gasteiger partial charge in [0.15, 0.2) is 0 Å². The molecule has 0 bridgehead atoms. The van der Waals surface area contributed by atoms with Gasteiger partial charge in [-0.25, -0.2) is 9.97 Å². The summed E-state index contributed by atoms with van der Waals surface area (Å²) in [4.78, 5) is 19.7. The van der Waals surface area contributed by atoms with Crippen molar-refractivity contribution < 1.29 is 4.79 Å². The molecule has 86 valence electrons. The Morgan fingerprint density at radius 2 is 2.06 bits per heavy atom. The number of aromatic nitrogens is 2. The van der Waals surface area contributed by atoms with E-state index in [0.717, 1.165) is 5.56 Å². The van der Waals surface area contributed by atoms with Crippen molar-refractivity contribution in [1.82, 2.24) is 15.3 Å². The molecule has 1 aromatic carbocycles. The molecule has 1 heterocycles. The highest BCUT2D eigenvalue weighted by atomic mass is 16.1. The number of rotatable bonds is 3. The number of aryl methyl sites for hydroxylation is 1. The summed E-state index contributed by atoms with van der Waals surface area (Å²) < 4.78 is 0. The molecule has 0 saturated carbocycles. The van der Waals surface area contributed by atoms with Crippen molar-refractivity contribution in [2.75, 3.05) is 0 Å². The number of carbonyl (C=O) groups excluding carboxylic acids is 1. The monoisotopic (exact) mass is 227 g/mol. The molecule has 0 aliphatic heterocycles. The van der Waals surface area contributed by atoms with Gasteiger partial charge < -0.3 is 5.32 Å².